The molecular weight excluding hydrogens is 224 g/mol. The van der Waals surface area contributed by atoms with Gasteiger partial charge in [-0.3, -0.25) is 0 Å². The number of unbranched alkanes of at least 4 members (excludes halogenated alkanes) is 1. The Morgan fingerprint density at radius 1 is 1.28 bits per heavy atom. The highest BCUT2D eigenvalue weighted by Crippen LogP contribution is 2.57. The van der Waals surface area contributed by atoms with Crippen molar-refractivity contribution in [2.45, 2.75) is 57.6 Å². The summed E-state index contributed by atoms with van der Waals surface area (Å²) in [5, 5.41) is 3.78. The van der Waals surface area contributed by atoms with Crippen molar-refractivity contribution in [2.24, 2.45) is 5.41 Å². The van der Waals surface area contributed by atoms with Crippen LogP contribution in [0, 0.1) is 5.41 Å². The van der Waals surface area contributed by atoms with Crippen LogP contribution in [0.1, 0.15) is 45.4 Å². The van der Waals surface area contributed by atoms with E-state index >= 15 is 0 Å². The Kier molecular flexibility index (Phi) is 5.05. The standard InChI is InChI=1S/C15H30N2O/c1-4-18-14-12-13(15(14)8-7-9-15)16-10-5-6-11-17(2)3/h13-14,16H,4-12H2,1-3H3. The minimum absolute atomic E-state index is 0.525. The second-order valence-electron chi connectivity index (χ2n) is 6.28. The molecule has 2 rings (SSSR count). The zero-order valence-corrected chi connectivity index (χ0v) is 12.4. The van der Waals surface area contributed by atoms with Crippen molar-refractivity contribution in [3.8, 4) is 0 Å². The molecule has 2 unspecified atom stereocenters. The third-order valence-corrected chi connectivity index (χ3v) is 4.86. The third kappa shape index (κ3) is 2.89. The van der Waals surface area contributed by atoms with Crippen LogP contribution in [0.3, 0.4) is 0 Å². The Bertz CT molecular complexity index is 251. The van der Waals surface area contributed by atoms with Crippen molar-refractivity contribution in [1.82, 2.24) is 10.2 Å². The van der Waals surface area contributed by atoms with Crippen molar-refractivity contribution in [2.75, 3.05) is 33.8 Å². The molecule has 0 aromatic carbocycles. The van der Waals surface area contributed by atoms with Crippen LogP contribution in [-0.2, 0) is 4.74 Å². The van der Waals surface area contributed by atoms with Crippen LogP contribution in [0.25, 0.3) is 0 Å². The first-order chi connectivity index (χ1) is 8.69. The lowest BCUT2D eigenvalue weighted by molar-refractivity contribution is -0.172. The van der Waals surface area contributed by atoms with Crippen LogP contribution in [0.4, 0.5) is 0 Å². The normalized spacial score (nSPS) is 29.3. The molecule has 1 N–H and O–H groups in total. The molecule has 0 saturated heterocycles. The first-order valence-corrected chi connectivity index (χ1v) is 7.69. The van der Waals surface area contributed by atoms with E-state index in [2.05, 4.69) is 31.2 Å². The smallest absolute Gasteiger partial charge is 0.0661 e. The molecule has 106 valence electrons. The summed E-state index contributed by atoms with van der Waals surface area (Å²) in [4.78, 5) is 2.27. The van der Waals surface area contributed by atoms with Gasteiger partial charge in [0.1, 0.15) is 0 Å². The molecule has 0 aromatic heterocycles. The minimum atomic E-state index is 0.525. The van der Waals surface area contributed by atoms with Crippen molar-refractivity contribution in [3.05, 3.63) is 0 Å². The first kappa shape index (κ1) is 14.3. The van der Waals surface area contributed by atoms with Crippen LogP contribution in [0.5, 0.6) is 0 Å². The fraction of sp³-hybridized carbons (Fsp3) is 1.00. The number of ether oxygens (including phenoxy) is 1. The zero-order valence-electron chi connectivity index (χ0n) is 12.4. The van der Waals surface area contributed by atoms with E-state index in [0.29, 0.717) is 11.5 Å². The van der Waals surface area contributed by atoms with E-state index in [0.717, 1.165) is 12.6 Å². The lowest BCUT2D eigenvalue weighted by Crippen LogP contribution is -2.66. The second kappa shape index (κ2) is 6.36. The topological polar surface area (TPSA) is 24.5 Å². The van der Waals surface area contributed by atoms with E-state index in [1.165, 1.54) is 51.6 Å². The largest absolute Gasteiger partial charge is 0.378 e. The van der Waals surface area contributed by atoms with Crippen molar-refractivity contribution in [3.63, 3.8) is 0 Å². The molecule has 0 aromatic rings. The van der Waals surface area contributed by atoms with Crippen molar-refractivity contribution >= 4 is 0 Å². The molecule has 0 bridgehead atoms. The fourth-order valence-corrected chi connectivity index (χ4v) is 3.55. The molecule has 0 amide bonds. The highest BCUT2D eigenvalue weighted by Gasteiger charge is 2.58. The maximum absolute atomic E-state index is 5.88. The van der Waals surface area contributed by atoms with Gasteiger partial charge in [-0.2, -0.15) is 0 Å². The van der Waals surface area contributed by atoms with Gasteiger partial charge in [-0.25, -0.2) is 0 Å². The molecule has 2 aliphatic carbocycles. The molecule has 2 fully saturated rings. The number of hydrogen-bond acceptors (Lipinski definition) is 3. The van der Waals surface area contributed by atoms with Crippen LogP contribution < -0.4 is 5.32 Å². The average molecular weight is 254 g/mol. The number of nitrogens with zero attached hydrogens (tertiary/aromatic N) is 1. The number of rotatable bonds is 8. The lowest BCUT2D eigenvalue weighted by Gasteiger charge is -2.61. The first-order valence-electron chi connectivity index (χ1n) is 7.69. The van der Waals surface area contributed by atoms with E-state index < -0.39 is 0 Å². The molecule has 0 heterocycles. The Morgan fingerprint density at radius 2 is 2.06 bits per heavy atom. The molecule has 0 aliphatic heterocycles. The third-order valence-electron chi connectivity index (χ3n) is 4.86. The minimum Gasteiger partial charge on any atom is -0.378 e. The Hall–Kier alpha value is -0.120. The predicted octanol–water partition coefficient (Wildman–Crippen LogP) is 2.27. The molecule has 2 aliphatic rings. The van der Waals surface area contributed by atoms with Gasteiger partial charge in [-0.1, -0.05) is 6.42 Å². The summed E-state index contributed by atoms with van der Waals surface area (Å²) in [7, 11) is 4.30. The van der Waals surface area contributed by atoms with Crippen molar-refractivity contribution in [1.29, 1.82) is 0 Å². The summed E-state index contributed by atoms with van der Waals surface area (Å²) in [6, 6.07) is 0.738. The van der Waals surface area contributed by atoms with Gasteiger partial charge < -0.3 is 15.0 Å². The summed E-state index contributed by atoms with van der Waals surface area (Å²) in [6.07, 6.45) is 8.55. The zero-order chi connectivity index (χ0) is 13.0. The van der Waals surface area contributed by atoms with E-state index in [1.54, 1.807) is 0 Å². The van der Waals surface area contributed by atoms with Crippen LogP contribution in [0.2, 0.25) is 0 Å². The van der Waals surface area contributed by atoms with Crippen molar-refractivity contribution < 1.29 is 4.74 Å². The molecule has 2 atom stereocenters. The number of hydrogen-bond donors (Lipinski definition) is 1. The molecular formula is C15H30N2O. The van der Waals surface area contributed by atoms with Gasteiger partial charge in [0.05, 0.1) is 6.10 Å². The molecule has 1 spiro atoms. The van der Waals surface area contributed by atoms with Gasteiger partial charge in [0.15, 0.2) is 0 Å². The Morgan fingerprint density at radius 3 is 2.61 bits per heavy atom. The van der Waals surface area contributed by atoms with E-state index in [1.807, 2.05) is 0 Å². The predicted molar refractivity (Wildman–Crippen MR) is 75.9 cm³/mol. The molecule has 3 heteroatoms. The molecule has 18 heavy (non-hydrogen) atoms. The monoisotopic (exact) mass is 254 g/mol. The number of nitrogens with one attached hydrogen (secondary N) is 1. The maximum Gasteiger partial charge on any atom is 0.0661 e. The molecule has 0 radical (unpaired) electrons. The van der Waals surface area contributed by atoms with E-state index in [-0.39, 0.29) is 0 Å². The quantitative estimate of drug-likeness (QED) is 0.673. The van der Waals surface area contributed by atoms with Gasteiger partial charge in [0, 0.05) is 18.1 Å². The molecule has 3 nitrogen and oxygen atoms in total. The lowest BCUT2D eigenvalue weighted by atomic mass is 9.51. The van der Waals surface area contributed by atoms with Gasteiger partial charge in [0.25, 0.3) is 0 Å². The average Bonchev–Trinajstić information content (AvgIpc) is 2.23. The highest BCUT2D eigenvalue weighted by molar-refractivity contribution is 5.11. The van der Waals surface area contributed by atoms with Gasteiger partial charge in [0.2, 0.25) is 0 Å². The summed E-state index contributed by atoms with van der Waals surface area (Å²) < 4.78 is 5.88. The van der Waals surface area contributed by atoms with E-state index in [9.17, 15) is 0 Å². The van der Waals surface area contributed by atoms with Gasteiger partial charge in [-0.15, -0.1) is 0 Å². The van der Waals surface area contributed by atoms with Gasteiger partial charge >= 0.3 is 0 Å². The Balaban J connectivity index is 1.62. The second-order valence-corrected chi connectivity index (χ2v) is 6.28. The summed E-state index contributed by atoms with van der Waals surface area (Å²) in [5.74, 6) is 0. The van der Waals surface area contributed by atoms with Crippen LogP contribution in [0.15, 0.2) is 0 Å². The summed E-state index contributed by atoms with van der Waals surface area (Å²) >= 11 is 0. The summed E-state index contributed by atoms with van der Waals surface area (Å²) in [6.45, 7) is 5.38. The fourth-order valence-electron chi connectivity index (χ4n) is 3.55. The Labute approximate surface area is 112 Å². The van der Waals surface area contributed by atoms with E-state index in [4.69, 9.17) is 4.74 Å². The maximum atomic E-state index is 5.88. The highest BCUT2D eigenvalue weighted by atomic mass is 16.5. The molecule has 2 saturated carbocycles. The summed E-state index contributed by atoms with van der Waals surface area (Å²) in [5.41, 5.74) is 0.525. The van der Waals surface area contributed by atoms with Crippen LogP contribution >= 0.6 is 0 Å². The van der Waals surface area contributed by atoms with Gasteiger partial charge in [-0.05, 0) is 66.2 Å². The SMILES string of the molecule is CCOC1CC(NCCCCN(C)C)C12CCC2. The van der Waals surface area contributed by atoms with Crippen LogP contribution in [-0.4, -0.2) is 50.8 Å².